The van der Waals surface area contributed by atoms with E-state index in [1.807, 2.05) is 0 Å². The van der Waals surface area contributed by atoms with E-state index in [1.165, 1.54) is 0 Å². The molecule has 1 aliphatic heterocycles. The Labute approximate surface area is 93.4 Å². The summed E-state index contributed by atoms with van der Waals surface area (Å²) in [5.41, 5.74) is 0. The first-order chi connectivity index (χ1) is 6.57. The van der Waals surface area contributed by atoms with Gasteiger partial charge in [-0.3, -0.25) is 10.1 Å². The third kappa shape index (κ3) is 3.57. The molecule has 6 heteroatoms. The maximum Gasteiger partial charge on any atom is 0.262 e. The summed E-state index contributed by atoms with van der Waals surface area (Å²) < 4.78 is 25.4. The Hall–Kier alpha value is -0.420. The molecule has 3 nitrogen and oxygen atoms in total. The zero-order chi connectivity index (χ0) is 10.2. The van der Waals surface area contributed by atoms with Gasteiger partial charge in [0, 0.05) is 13.0 Å². The molecule has 2 rings (SSSR count). The van der Waals surface area contributed by atoms with Crippen LogP contribution >= 0.6 is 12.4 Å². The van der Waals surface area contributed by atoms with Crippen molar-refractivity contribution in [2.75, 3.05) is 13.1 Å². The quantitative estimate of drug-likeness (QED) is 0.771. The van der Waals surface area contributed by atoms with Gasteiger partial charge in [-0.25, -0.2) is 8.78 Å². The Morgan fingerprint density at radius 3 is 2.60 bits per heavy atom. The number of carbonyl (C=O) groups excluding carboxylic acids is 1. The lowest BCUT2D eigenvalue weighted by Crippen LogP contribution is -2.41. The molecule has 2 fully saturated rings. The van der Waals surface area contributed by atoms with E-state index in [0.717, 1.165) is 12.8 Å². The Balaban J connectivity index is 0.00000112. The molecule has 2 aliphatic rings. The van der Waals surface area contributed by atoms with E-state index in [0.29, 0.717) is 12.5 Å². The van der Waals surface area contributed by atoms with Gasteiger partial charge in [-0.15, -0.1) is 12.4 Å². The average molecular weight is 241 g/mol. The molecule has 1 saturated heterocycles. The summed E-state index contributed by atoms with van der Waals surface area (Å²) in [6.07, 6.45) is 1.92. The summed E-state index contributed by atoms with van der Waals surface area (Å²) in [6, 6.07) is -0.705. The predicted molar refractivity (Wildman–Crippen MR) is 54.3 cm³/mol. The average Bonchev–Trinajstić information content (AvgIpc) is 2.86. The number of carbonyl (C=O) groups is 1. The summed E-state index contributed by atoms with van der Waals surface area (Å²) in [6.45, 7) is 0.261. The summed E-state index contributed by atoms with van der Waals surface area (Å²) in [5, 5.41) is 5.22. The molecule has 1 heterocycles. The molecule has 0 aromatic heterocycles. The molecule has 2 N–H and O–H groups in total. The van der Waals surface area contributed by atoms with Crippen LogP contribution in [0.5, 0.6) is 0 Å². The Morgan fingerprint density at radius 1 is 1.47 bits per heavy atom. The van der Waals surface area contributed by atoms with Crippen LogP contribution in [-0.4, -0.2) is 31.0 Å². The highest BCUT2D eigenvalue weighted by molar-refractivity contribution is 5.85. The van der Waals surface area contributed by atoms with Crippen LogP contribution in [0.15, 0.2) is 0 Å². The van der Waals surface area contributed by atoms with Gasteiger partial charge in [0.05, 0.1) is 12.6 Å². The molecule has 0 aromatic carbocycles. The fourth-order valence-corrected chi connectivity index (χ4v) is 1.59. The lowest BCUT2D eigenvalue weighted by atomic mass is 10.2. The van der Waals surface area contributed by atoms with Gasteiger partial charge in [0.2, 0.25) is 5.91 Å². The minimum atomic E-state index is -2.72. The smallest absolute Gasteiger partial charge is 0.262 e. The Morgan fingerprint density at radius 2 is 2.13 bits per heavy atom. The number of alkyl halides is 2. The van der Waals surface area contributed by atoms with Gasteiger partial charge in [-0.1, -0.05) is 0 Å². The van der Waals surface area contributed by atoms with Gasteiger partial charge in [0.1, 0.15) is 0 Å². The number of amides is 1. The van der Waals surface area contributed by atoms with Crippen molar-refractivity contribution in [2.24, 2.45) is 5.92 Å². The number of rotatable bonds is 3. The summed E-state index contributed by atoms with van der Waals surface area (Å²) in [7, 11) is 0. The summed E-state index contributed by atoms with van der Waals surface area (Å²) in [4.78, 5) is 11.4. The molecule has 0 aromatic rings. The molecule has 1 aliphatic carbocycles. The Kier molecular flexibility index (Phi) is 3.89. The summed E-state index contributed by atoms with van der Waals surface area (Å²) >= 11 is 0. The van der Waals surface area contributed by atoms with Gasteiger partial charge >= 0.3 is 0 Å². The number of hydrogen-bond donors (Lipinski definition) is 2. The van der Waals surface area contributed by atoms with Gasteiger partial charge in [0.25, 0.3) is 5.92 Å². The molecular weight excluding hydrogens is 226 g/mol. The van der Waals surface area contributed by atoms with E-state index >= 15 is 0 Å². The molecule has 1 saturated carbocycles. The van der Waals surface area contributed by atoms with Crippen molar-refractivity contribution in [2.45, 2.75) is 31.2 Å². The predicted octanol–water partition coefficient (Wildman–Crippen LogP) is 0.932. The van der Waals surface area contributed by atoms with Crippen molar-refractivity contribution in [3.63, 3.8) is 0 Å². The van der Waals surface area contributed by atoms with Crippen LogP contribution in [0, 0.1) is 5.92 Å². The SMILES string of the molecule is Cl.O=C(NCC1CC1)C1CC(F)(F)CN1. The monoisotopic (exact) mass is 240 g/mol. The standard InChI is InChI=1S/C9H14F2N2O.ClH/c10-9(11)3-7(13-5-9)8(14)12-4-6-1-2-6;/h6-7,13H,1-5H2,(H,12,14);1H. The lowest BCUT2D eigenvalue weighted by Gasteiger charge is -2.10. The van der Waals surface area contributed by atoms with Crippen molar-refractivity contribution in [1.82, 2.24) is 10.6 Å². The largest absolute Gasteiger partial charge is 0.354 e. The molecule has 15 heavy (non-hydrogen) atoms. The van der Waals surface area contributed by atoms with Crippen molar-refractivity contribution < 1.29 is 13.6 Å². The van der Waals surface area contributed by atoms with Gasteiger partial charge < -0.3 is 5.32 Å². The minimum Gasteiger partial charge on any atom is -0.354 e. The number of halogens is 3. The fraction of sp³-hybridized carbons (Fsp3) is 0.889. The first-order valence-corrected chi connectivity index (χ1v) is 4.96. The van der Waals surface area contributed by atoms with Crippen LogP contribution < -0.4 is 10.6 Å². The van der Waals surface area contributed by atoms with Crippen molar-refractivity contribution in [3.8, 4) is 0 Å². The van der Waals surface area contributed by atoms with Crippen LogP contribution in [0.25, 0.3) is 0 Å². The van der Waals surface area contributed by atoms with E-state index in [4.69, 9.17) is 0 Å². The topological polar surface area (TPSA) is 41.1 Å². The van der Waals surface area contributed by atoms with Crippen LogP contribution in [0.3, 0.4) is 0 Å². The van der Waals surface area contributed by atoms with Crippen molar-refractivity contribution >= 4 is 18.3 Å². The van der Waals surface area contributed by atoms with E-state index < -0.39 is 12.0 Å². The first-order valence-electron chi connectivity index (χ1n) is 4.96. The molecule has 0 bridgehead atoms. The molecule has 0 radical (unpaired) electrons. The van der Waals surface area contributed by atoms with Crippen LogP contribution in [-0.2, 0) is 4.79 Å². The Bertz CT molecular complexity index is 246. The molecule has 1 atom stereocenters. The second-order valence-corrected chi connectivity index (χ2v) is 4.18. The molecular formula is C9H15ClF2N2O. The van der Waals surface area contributed by atoms with Crippen LogP contribution in [0.2, 0.25) is 0 Å². The first kappa shape index (κ1) is 12.6. The second kappa shape index (κ2) is 4.61. The van der Waals surface area contributed by atoms with Gasteiger partial charge in [-0.2, -0.15) is 0 Å². The summed E-state index contributed by atoms with van der Waals surface area (Å²) in [5.74, 6) is -2.42. The van der Waals surface area contributed by atoms with Crippen molar-refractivity contribution in [3.05, 3.63) is 0 Å². The van der Waals surface area contributed by atoms with E-state index in [1.54, 1.807) is 0 Å². The highest BCUT2D eigenvalue weighted by atomic mass is 35.5. The van der Waals surface area contributed by atoms with E-state index in [-0.39, 0.29) is 31.3 Å². The molecule has 88 valence electrons. The molecule has 1 unspecified atom stereocenters. The maximum atomic E-state index is 12.7. The van der Waals surface area contributed by atoms with E-state index in [2.05, 4.69) is 10.6 Å². The third-order valence-electron chi connectivity index (χ3n) is 2.69. The minimum absolute atomic E-state index is 0. The maximum absolute atomic E-state index is 12.7. The normalized spacial score (nSPS) is 28.3. The zero-order valence-corrected chi connectivity index (χ0v) is 9.08. The molecule has 1 amide bonds. The lowest BCUT2D eigenvalue weighted by molar-refractivity contribution is -0.123. The second-order valence-electron chi connectivity index (χ2n) is 4.18. The number of hydrogen-bond acceptors (Lipinski definition) is 2. The zero-order valence-electron chi connectivity index (χ0n) is 8.26. The number of nitrogens with one attached hydrogen (secondary N) is 2. The fourth-order valence-electron chi connectivity index (χ4n) is 1.59. The molecule has 0 spiro atoms. The van der Waals surface area contributed by atoms with Crippen molar-refractivity contribution in [1.29, 1.82) is 0 Å². The van der Waals surface area contributed by atoms with E-state index in [9.17, 15) is 13.6 Å². The third-order valence-corrected chi connectivity index (χ3v) is 2.69. The van der Waals surface area contributed by atoms with Gasteiger partial charge in [0.15, 0.2) is 0 Å². The van der Waals surface area contributed by atoms with Crippen LogP contribution in [0.4, 0.5) is 8.78 Å². The highest BCUT2D eigenvalue weighted by Gasteiger charge is 2.42. The van der Waals surface area contributed by atoms with Gasteiger partial charge in [-0.05, 0) is 18.8 Å². The van der Waals surface area contributed by atoms with Crippen LogP contribution in [0.1, 0.15) is 19.3 Å². The highest BCUT2D eigenvalue weighted by Crippen LogP contribution is 2.28.